The molecule has 0 spiro atoms. The van der Waals surface area contributed by atoms with Crippen molar-refractivity contribution in [1.82, 2.24) is 4.90 Å². The molecule has 130 valence electrons. The average molecular weight is 363 g/mol. The molecule has 1 N–H and O–H groups in total. The summed E-state index contributed by atoms with van der Waals surface area (Å²) in [6.45, 7) is 2.55. The van der Waals surface area contributed by atoms with Crippen LogP contribution < -0.4 is 5.32 Å². The van der Waals surface area contributed by atoms with Gasteiger partial charge in [-0.15, -0.1) is 0 Å². The van der Waals surface area contributed by atoms with Crippen LogP contribution in [0.5, 0.6) is 0 Å². The van der Waals surface area contributed by atoms with Crippen LogP contribution in [0.25, 0.3) is 0 Å². The molecule has 3 nitrogen and oxygen atoms in total. The van der Waals surface area contributed by atoms with Gasteiger partial charge in [0.25, 0.3) is 5.91 Å². The van der Waals surface area contributed by atoms with Gasteiger partial charge in [0.15, 0.2) is 0 Å². The summed E-state index contributed by atoms with van der Waals surface area (Å²) in [5, 5.41) is 4.25. The second kappa shape index (κ2) is 6.50. The summed E-state index contributed by atoms with van der Waals surface area (Å²) in [4.78, 5) is 15.2. The molecule has 1 heterocycles. The van der Waals surface area contributed by atoms with Gasteiger partial charge in [-0.2, -0.15) is 0 Å². The molecule has 0 aromatic heterocycles. The number of rotatable bonds is 3. The molecule has 0 aliphatic carbocycles. The molecule has 0 saturated carbocycles. The Kier molecular flexibility index (Phi) is 4.17. The largest absolute Gasteiger partial charge is 0.358 e. The summed E-state index contributed by atoms with van der Waals surface area (Å²) in [7, 11) is 0. The lowest BCUT2D eigenvalue weighted by molar-refractivity contribution is 0.0509. The third kappa shape index (κ3) is 2.85. The van der Waals surface area contributed by atoms with Gasteiger partial charge in [0.2, 0.25) is 0 Å². The highest BCUT2D eigenvalue weighted by atomic mass is 35.5. The number of carbonyl (C=O) groups is 1. The van der Waals surface area contributed by atoms with Gasteiger partial charge in [-0.3, -0.25) is 4.79 Å². The number of para-hydroxylation sites is 1. The van der Waals surface area contributed by atoms with E-state index in [9.17, 15) is 4.79 Å². The summed E-state index contributed by atoms with van der Waals surface area (Å²) < 4.78 is 0. The molecule has 4 heteroatoms. The number of hydrogen-bond acceptors (Lipinski definition) is 2. The van der Waals surface area contributed by atoms with Crippen LogP contribution in [0.3, 0.4) is 0 Å². The van der Waals surface area contributed by atoms with Gasteiger partial charge in [0, 0.05) is 17.3 Å². The van der Waals surface area contributed by atoms with E-state index in [1.165, 1.54) is 0 Å². The van der Waals surface area contributed by atoms with Gasteiger partial charge >= 0.3 is 0 Å². The molecule has 0 saturated heterocycles. The minimum Gasteiger partial charge on any atom is -0.358 e. The fourth-order valence-electron chi connectivity index (χ4n) is 3.46. The number of nitrogens with zero attached hydrogens (tertiary/aromatic N) is 1. The zero-order chi connectivity index (χ0) is 18.1. The Bertz CT molecular complexity index is 940. The molecular weight excluding hydrogens is 344 g/mol. The van der Waals surface area contributed by atoms with Crippen molar-refractivity contribution in [3.8, 4) is 0 Å². The zero-order valence-electron chi connectivity index (χ0n) is 14.4. The van der Waals surface area contributed by atoms with Crippen molar-refractivity contribution in [2.75, 3.05) is 5.32 Å². The smallest absolute Gasteiger partial charge is 0.258 e. The number of halogens is 1. The van der Waals surface area contributed by atoms with Gasteiger partial charge in [-0.25, -0.2) is 0 Å². The average Bonchev–Trinajstić information content (AvgIpc) is 2.66. The van der Waals surface area contributed by atoms with E-state index in [0.717, 1.165) is 16.8 Å². The lowest BCUT2D eigenvalue weighted by Crippen LogP contribution is -2.55. The topological polar surface area (TPSA) is 32.3 Å². The van der Waals surface area contributed by atoms with E-state index >= 15 is 0 Å². The maximum Gasteiger partial charge on any atom is 0.258 e. The third-order valence-electron chi connectivity index (χ3n) is 4.91. The van der Waals surface area contributed by atoms with E-state index < -0.39 is 5.66 Å². The van der Waals surface area contributed by atoms with Crippen molar-refractivity contribution in [3.63, 3.8) is 0 Å². The van der Waals surface area contributed by atoms with Crippen molar-refractivity contribution in [1.29, 1.82) is 0 Å². The van der Waals surface area contributed by atoms with Crippen molar-refractivity contribution < 1.29 is 4.79 Å². The molecular formula is C22H19ClN2O. The summed E-state index contributed by atoms with van der Waals surface area (Å²) in [5.41, 5.74) is 2.93. The lowest BCUT2D eigenvalue weighted by Gasteiger charge is -2.47. The predicted octanol–water partition coefficient (Wildman–Crippen LogP) is 5.28. The normalized spacial score (nSPS) is 19.0. The highest BCUT2D eigenvalue weighted by molar-refractivity contribution is 6.30. The van der Waals surface area contributed by atoms with E-state index in [1.807, 2.05) is 90.7 Å². The second-order valence-electron chi connectivity index (χ2n) is 6.63. The molecule has 1 aliphatic rings. The Morgan fingerprint density at radius 3 is 2.31 bits per heavy atom. The van der Waals surface area contributed by atoms with Crippen molar-refractivity contribution >= 4 is 23.2 Å². The zero-order valence-corrected chi connectivity index (χ0v) is 15.2. The highest BCUT2D eigenvalue weighted by Crippen LogP contribution is 2.38. The maximum atomic E-state index is 13.3. The van der Waals surface area contributed by atoms with Crippen molar-refractivity contribution in [3.05, 3.63) is 101 Å². The summed E-state index contributed by atoms with van der Waals surface area (Å²) in [6.07, 6.45) is 0. The van der Waals surface area contributed by atoms with Gasteiger partial charge in [0.1, 0.15) is 5.66 Å². The van der Waals surface area contributed by atoms with Gasteiger partial charge in [-0.1, -0.05) is 66.2 Å². The van der Waals surface area contributed by atoms with Crippen LogP contribution in [-0.2, 0) is 12.2 Å². The molecule has 1 unspecified atom stereocenters. The minimum absolute atomic E-state index is 0.0145. The molecule has 26 heavy (non-hydrogen) atoms. The summed E-state index contributed by atoms with van der Waals surface area (Å²) in [6, 6.07) is 25.3. The van der Waals surface area contributed by atoms with Gasteiger partial charge in [0.05, 0.1) is 5.56 Å². The fraction of sp³-hybridized carbons (Fsp3) is 0.136. The minimum atomic E-state index is -0.675. The Morgan fingerprint density at radius 1 is 0.923 bits per heavy atom. The monoisotopic (exact) mass is 362 g/mol. The molecule has 1 aliphatic heterocycles. The van der Waals surface area contributed by atoms with E-state index in [4.69, 9.17) is 11.6 Å². The molecule has 3 aromatic carbocycles. The first kappa shape index (κ1) is 16.7. The van der Waals surface area contributed by atoms with Crippen molar-refractivity contribution in [2.45, 2.75) is 19.1 Å². The molecule has 1 atom stereocenters. The van der Waals surface area contributed by atoms with E-state index in [2.05, 4.69) is 5.32 Å². The van der Waals surface area contributed by atoms with E-state index in [0.29, 0.717) is 17.1 Å². The summed E-state index contributed by atoms with van der Waals surface area (Å²) in [5.74, 6) is 0.0145. The van der Waals surface area contributed by atoms with E-state index in [-0.39, 0.29) is 5.91 Å². The molecule has 4 rings (SSSR count). The van der Waals surface area contributed by atoms with Crippen LogP contribution in [-0.4, -0.2) is 10.8 Å². The first-order chi connectivity index (χ1) is 12.6. The molecule has 1 amide bonds. The first-order valence-electron chi connectivity index (χ1n) is 8.57. The van der Waals surface area contributed by atoms with E-state index in [1.54, 1.807) is 0 Å². The number of benzene rings is 3. The quantitative estimate of drug-likeness (QED) is 0.687. The number of nitrogens with one attached hydrogen (secondary N) is 1. The molecule has 0 radical (unpaired) electrons. The van der Waals surface area contributed by atoms with Crippen LogP contribution in [0.1, 0.15) is 28.4 Å². The maximum absolute atomic E-state index is 13.3. The first-order valence-corrected chi connectivity index (χ1v) is 8.95. The fourth-order valence-corrected chi connectivity index (χ4v) is 3.58. The summed E-state index contributed by atoms with van der Waals surface area (Å²) >= 11 is 6.07. The lowest BCUT2D eigenvalue weighted by atomic mass is 9.93. The Labute approximate surface area is 158 Å². The highest BCUT2D eigenvalue weighted by Gasteiger charge is 2.42. The van der Waals surface area contributed by atoms with Crippen LogP contribution in [0, 0.1) is 0 Å². The Morgan fingerprint density at radius 2 is 1.58 bits per heavy atom. The second-order valence-corrected chi connectivity index (χ2v) is 7.06. The van der Waals surface area contributed by atoms with Crippen LogP contribution in [0.15, 0.2) is 78.9 Å². The number of amides is 1. The van der Waals surface area contributed by atoms with Crippen molar-refractivity contribution in [2.24, 2.45) is 0 Å². The standard InChI is InChI=1S/C22H19ClN2O/c1-22(17-11-13-18(23)14-12-17)24-20-10-6-5-9-19(20)21(26)25(22)15-16-7-3-2-4-8-16/h2-14,24H,15H2,1H3. The third-order valence-corrected chi connectivity index (χ3v) is 5.16. The Hall–Kier alpha value is -2.78. The van der Waals surface area contributed by atoms with Gasteiger partial charge < -0.3 is 10.2 Å². The SMILES string of the molecule is CC1(c2ccc(Cl)cc2)Nc2ccccc2C(=O)N1Cc1ccccc1. The van der Waals surface area contributed by atoms with Gasteiger partial charge in [-0.05, 0) is 42.3 Å². The number of hydrogen-bond donors (Lipinski definition) is 1. The van der Waals surface area contributed by atoms with Crippen LogP contribution in [0.2, 0.25) is 5.02 Å². The Balaban J connectivity index is 1.83. The molecule has 0 fully saturated rings. The molecule has 0 bridgehead atoms. The number of fused-ring (bicyclic) bond motifs is 1. The van der Waals surface area contributed by atoms with Crippen LogP contribution >= 0.6 is 11.6 Å². The predicted molar refractivity (Wildman–Crippen MR) is 105 cm³/mol. The van der Waals surface area contributed by atoms with Crippen LogP contribution in [0.4, 0.5) is 5.69 Å². The number of anilines is 1. The number of carbonyl (C=O) groups excluding carboxylic acids is 1. The molecule has 3 aromatic rings.